The van der Waals surface area contributed by atoms with Gasteiger partial charge in [0.2, 0.25) is 11.8 Å². The van der Waals surface area contributed by atoms with Crippen LogP contribution in [0, 0.1) is 17.8 Å². The number of aliphatic carboxylic acids is 1. The fourth-order valence-electron chi connectivity index (χ4n) is 6.33. The van der Waals surface area contributed by atoms with E-state index in [0.29, 0.717) is 48.8 Å². The number of aliphatic hydroxyl groups excluding tert-OH is 1. The van der Waals surface area contributed by atoms with Gasteiger partial charge in [-0.25, -0.2) is 0 Å². The number of amides is 3. The van der Waals surface area contributed by atoms with E-state index in [-0.39, 0.29) is 92.7 Å². The van der Waals surface area contributed by atoms with Gasteiger partial charge in [0, 0.05) is 48.6 Å². The van der Waals surface area contributed by atoms with Crippen molar-refractivity contribution in [2.45, 2.75) is 38.3 Å². The maximum atomic E-state index is 12.9. The standard InChI is InChI=1S/C27H30ClN3O6.K/c1-15(32)21-23-19-4-2-3-16(22(19)24(27(36)37)31(23)26(21)35)7-10-20(33)29-11-13-30(14-12-29)25(34)17-5-8-18(28)9-6-17;/h5-10,15-16,19,21,23,32H,2-4,11-14H2,1H3,(H,36,37);/q;+1/p-1/b10-7+;/t15-,16-,19+,21-,23-;/m1./s1. The molecule has 3 aliphatic heterocycles. The number of carboxylic acid groups (broad SMARTS) is 1. The molecule has 11 heteroatoms. The molecule has 9 nitrogen and oxygen atoms in total. The Bertz CT molecular complexity index is 1190. The maximum Gasteiger partial charge on any atom is 1.00 e. The van der Waals surface area contributed by atoms with E-state index in [1.165, 1.54) is 11.0 Å². The number of carbonyl (C=O) groups excluding carboxylic acids is 4. The van der Waals surface area contributed by atoms with Crippen LogP contribution in [0.25, 0.3) is 0 Å². The molecule has 0 aromatic heterocycles. The Balaban J connectivity index is 0.00000336. The van der Waals surface area contributed by atoms with E-state index in [9.17, 15) is 29.4 Å². The maximum absolute atomic E-state index is 12.9. The van der Waals surface area contributed by atoms with Crippen molar-refractivity contribution in [3.63, 3.8) is 0 Å². The van der Waals surface area contributed by atoms with Gasteiger partial charge < -0.3 is 29.7 Å². The molecule has 1 aromatic rings. The van der Waals surface area contributed by atoms with Gasteiger partial charge >= 0.3 is 51.4 Å². The summed E-state index contributed by atoms with van der Waals surface area (Å²) in [6.07, 6.45) is 4.58. The third-order valence-electron chi connectivity index (χ3n) is 8.10. The zero-order valence-corrected chi connectivity index (χ0v) is 25.4. The van der Waals surface area contributed by atoms with Crippen LogP contribution < -0.4 is 56.5 Å². The summed E-state index contributed by atoms with van der Waals surface area (Å²) in [5, 5.41) is 22.7. The molecule has 3 amide bonds. The second-order valence-corrected chi connectivity index (χ2v) is 10.6. The summed E-state index contributed by atoms with van der Waals surface area (Å²) in [4.78, 5) is 55.0. The number of carbonyl (C=O) groups is 4. The Morgan fingerprint density at radius 1 is 1.08 bits per heavy atom. The average molecular weight is 566 g/mol. The third-order valence-corrected chi connectivity index (χ3v) is 8.35. The van der Waals surface area contributed by atoms with Crippen LogP contribution in [0.1, 0.15) is 36.5 Å². The topological polar surface area (TPSA) is 121 Å². The molecule has 3 heterocycles. The fourth-order valence-corrected chi connectivity index (χ4v) is 6.45. The van der Waals surface area contributed by atoms with Crippen LogP contribution in [-0.4, -0.2) is 81.8 Å². The Labute approximate surface area is 268 Å². The van der Waals surface area contributed by atoms with Gasteiger partial charge in [-0.05, 0) is 55.7 Å². The van der Waals surface area contributed by atoms with Crippen molar-refractivity contribution >= 4 is 35.3 Å². The second-order valence-electron chi connectivity index (χ2n) is 10.2. The molecule has 0 bridgehead atoms. The number of benzene rings is 1. The van der Waals surface area contributed by atoms with Crippen molar-refractivity contribution in [2.24, 2.45) is 17.8 Å². The molecule has 5 rings (SSSR count). The van der Waals surface area contributed by atoms with E-state index >= 15 is 0 Å². The first-order chi connectivity index (χ1) is 17.7. The normalized spacial score (nSPS) is 27.4. The van der Waals surface area contributed by atoms with Crippen molar-refractivity contribution in [2.75, 3.05) is 26.2 Å². The van der Waals surface area contributed by atoms with Crippen LogP contribution in [-0.2, 0) is 14.4 Å². The van der Waals surface area contributed by atoms with Crippen molar-refractivity contribution in [3.05, 3.63) is 58.3 Å². The quantitative estimate of drug-likeness (QED) is 0.246. The summed E-state index contributed by atoms with van der Waals surface area (Å²) in [6.45, 7) is 3.16. The Hall–Kier alpha value is -1.53. The van der Waals surface area contributed by atoms with E-state index in [1.807, 2.05) is 0 Å². The Kier molecular flexibility index (Phi) is 9.23. The zero-order chi connectivity index (χ0) is 26.4. The van der Waals surface area contributed by atoms with Crippen LogP contribution in [0.4, 0.5) is 0 Å². The summed E-state index contributed by atoms with van der Waals surface area (Å²) in [6, 6.07) is 6.34. The SMILES string of the molecule is C[C@@H](O)[C@H]1C(=O)N2C(C(=O)[O-])=C3[C@@H](/C=C/C(=O)N4CCN(C(=O)c5ccc(Cl)cc5)CC4)CCC[C@@H]3[C@H]12.[K+]. The Morgan fingerprint density at radius 3 is 2.32 bits per heavy atom. The number of β-lactam (4-membered cyclic amide) rings is 1. The van der Waals surface area contributed by atoms with E-state index in [0.717, 1.165) is 12.8 Å². The van der Waals surface area contributed by atoms with Gasteiger partial charge in [-0.1, -0.05) is 24.1 Å². The Morgan fingerprint density at radius 2 is 1.71 bits per heavy atom. The van der Waals surface area contributed by atoms with Gasteiger partial charge in [0.05, 0.1) is 29.7 Å². The summed E-state index contributed by atoms with van der Waals surface area (Å²) in [5.41, 5.74) is 1.09. The predicted octanol–water partition coefficient (Wildman–Crippen LogP) is -2.17. The molecule has 3 fully saturated rings. The summed E-state index contributed by atoms with van der Waals surface area (Å²) >= 11 is 5.90. The molecular weight excluding hydrogens is 537 g/mol. The monoisotopic (exact) mass is 565 g/mol. The minimum absolute atomic E-state index is 0. The van der Waals surface area contributed by atoms with Gasteiger partial charge in [-0.2, -0.15) is 0 Å². The van der Waals surface area contributed by atoms with Gasteiger partial charge in [0.25, 0.3) is 5.91 Å². The van der Waals surface area contributed by atoms with E-state index < -0.39 is 18.0 Å². The van der Waals surface area contributed by atoms with Gasteiger partial charge in [0.15, 0.2) is 0 Å². The van der Waals surface area contributed by atoms with E-state index in [4.69, 9.17) is 11.6 Å². The summed E-state index contributed by atoms with van der Waals surface area (Å²) < 4.78 is 0. The molecule has 2 saturated heterocycles. The van der Waals surface area contributed by atoms with Crippen LogP contribution in [0.3, 0.4) is 0 Å². The number of piperazine rings is 1. The minimum Gasteiger partial charge on any atom is -0.543 e. The van der Waals surface area contributed by atoms with E-state index in [1.54, 1.807) is 47.1 Å². The summed E-state index contributed by atoms with van der Waals surface area (Å²) in [5.74, 6) is -3.16. The molecule has 0 radical (unpaired) electrons. The van der Waals surface area contributed by atoms with Crippen LogP contribution in [0.5, 0.6) is 0 Å². The number of nitrogens with zero attached hydrogens (tertiary/aromatic N) is 3. The molecule has 1 aliphatic carbocycles. The van der Waals surface area contributed by atoms with Gasteiger partial charge in [-0.15, -0.1) is 0 Å². The zero-order valence-electron chi connectivity index (χ0n) is 21.5. The predicted molar refractivity (Wildman–Crippen MR) is 132 cm³/mol. The van der Waals surface area contributed by atoms with Crippen molar-refractivity contribution in [3.8, 4) is 0 Å². The number of aliphatic hydroxyl groups is 1. The van der Waals surface area contributed by atoms with Crippen LogP contribution in [0.2, 0.25) is 5.02 Å². The molecule has 0 unspecified atom stereocenters. The number of hydrogen-bond acceptors (Lipinski definition) is 6. The number of halogens is 1. The second kappa shape index (κ2) is 11.9. The molecule has 4 aliphatic rings. The van der Waals surface area contributed by atoms with Crippen LogP contribution >= 0.6 is 11.6 Å². The molecule has 1 saturated carbocycles. The van der Waals surface area contributed by atoms with Crippen LogP contribution in [0.15, 0.2) is 47.7 Å². The molecule has 5 atom stereocenters. The number of carboxylic acids is 1. The first-order valence-corrected chi connectivity index (χ1v) is 13.0. The fraction of sp³-hybridized carbons (Fsp3) is 0.481. The summed E-state index contributed by atoms with van der Waals surface area (Å²) in [7, 11) is 0. The first-order valence-electron chi connectivity index (χ1n) is 12.7. The van der Waals surface area contributed by atoms with Crippen molar-refractivity contribution in [1.82, 2.24) is 14.7 Å². The average Bonchev–Trinajstić information content (AvgIpc) is 3.18. The molecule has 196 valence electrons. The largest absolute Gasteiger partial charge is 1.00 e. The number of allylic oxidation sites excluding steroid dienone is 1. The van der Waals surface area contributed by atoms with Crippen molar-refractivity contribution < 1.29 is 80.8 Å². The first kappa shape index (κ1) is 29.4. The molecule has 38 heavy (non-hydrogen) atoms. The number of hydrogen-bond donors (Lipinski definition) is 1. The third kappa shape index (κ3) is 5.28. The van der Waals surface area contributed by atoms with Crippen molar-refractivity contribution in [1.29, 1.82) is 0 Å². The molecule has 1 N–H and O–H groups in total. The van der Waals surface area contributed by atoms with Gasteiger partial charge in [-0.3, -0.25) is 14.4 Å². The molecule has 1 aromatic carbocycles. The number of fused-ring (bicyclic) bond motifs is 3. The molecule has 0 spiro atoms. The van der Waals surface area contributed by atoms with E-state index in [2.05, 4.69) is 0 Å². The number of rotatable bonds is 5. The minimum atomic E-state index is -1.40. The molecular formula is C27H29ClKN3O6. The van der Waals surface area contributed by atoms with Gasteiger partial charge in [0.1, 0.15) is 0 Å². The smallest absolute Gasteiger partial charge is 0.543 e.